The van der Waals surface area contributed by atoms with Crippen LogP contribution in [0.3, 0.4) is 0 Å². The van der Waals surface area contributed by atoms with Crippen LogP contribution in [0.1, 0.15) is 75.5 Å². The van der Waals surface area contributed by atoms with Crippen LogP contribution in [0.4, 0.5) is 24.7 Å². The van der Waals surface area contributed by atoms with Crippen LogP contribution >= 0.6 is 0 Å². The number of amides is 1. The van der Waals surface area contributed by atoms with Crippen molar-refractivity contribution in [2.24, 2.45) is 28.8 Å². The highest BCUT2D eigenvalue weighted by Crippen LogP contribution is 2.55. The molecule has 0 spiro atoms. The van der Waals surface area contributed by atoms with Crippen molar-refractivity contribution in [2.45, 2.75) is 92.5 Å². The number of allylic oxidation sites excluding steroid dienone is 2. The molecule has 0 saturated carbocycles. The summed E-state index contributed by atoms with van der Waals surface area (Å²) in [6.07, 6.45) is 5.49. The Morgan fingerprint density at radius 2 is 1.59 bits per heavy atom. The first kappa shape index (κ1) is 57.2. The van der Waals surface area contributed by atoms with Crippen LogP contribution in [0.2, 0.25) is 0 Å². The number of anilines is 2. The fraction of sp³-hybridized carbons (Fsp3) is 0.404. The van der Waals surface area contributed by atoms with Crippen molar-refractivity contribution in [1.82, 2.24) is 14.6 Å². The molecule has 9 atom stereocenters. The van der Waals surface area contributed by atoms with Gasteiger partial charge in [-0.1, -0.05) is 45.9 Å². The minimum absolute atomic E-state index is 0.0331. The van der Waals surface area contributed by atoms with Crippen molar-refractivity contribution < 1.29 is 72.0 Å². The molecule has 1 amide bonds. The molecule has 0 aliphatic carbocycles. The first-order valence-electron chi connectivity index (χ1n) is 25.6. The molecule has 6 N–H and O–H groups in total. The summed E-state index contributed by atoms with van der Waals surface area (Å²) in [5.74, 6) is -12.2. The number of hydrogen-bond donors (Lipinski definition) is 6. The van der Waals surface area contributed by atoms with Crippen LogP contribution < -0.4 is 20.4 Å². The molecule has 4 aliphatic heterocycles. The van der Waals surface area contributed by atoms with Gasteiger partial charge in [0.15, 0.2) is 28.5 Å². The average molecular weight is 1100 g/mol. The number of hydrazone groups is 1. The number of benzene rings is 3. The lowest BCUT2D eigenvalue weighted by atomic mass is 9.78. The number of ether oxygens (including phenoxy) is 4. The van der Waals surface area contributed by atoms with Gasteiger partial charge in [-0.05, 0) is 45.0 Å². The standard InChI is InChI=1S/C57H63F3N6O13/c1-26-12-11-13-27(2)56(75)62-44-36(24-61-65-19-17-64(18-20-65)55-38(60)23-35-46(69)28(3)25-66(54(35)63-55)39-15-14-34(58)22-37(39)59)49(72)41-42(50(44)73)48(71)32(7)52-43(41)53(74)57(9,79-52)77-21-16-40(76-10)29(4)51(78-33(8)67)31(6)47(70)30(5)45(26)68/h11-16,21-26,29-31,40,45,47,51,68,70-73H,17-20H2,1-10H3,(H,62,75)/b12-11+,21-16+,27-13-,61-24-/t26-,29+,30+,31+,40-,45-,47+,51+,57-/m0/s1. The minimum atomic E-state index is -2.16. The molecule has 3 aromatic carbocycles. The van der Waals surface area contributed by atoms with Gasteiger partial charge in [-0.2, -0.15) is 5.10 Å². The van der Waals surface area contributed by atoms with Crippen LogP contribution in [0, 0.1) is 55.0 Å². The van der Waals surface area contributed by atoms with E-state index in [1.54, 1.807) is 38.7 Å². The Balaban J connectivity index is 1.19. The van der Waals surface area contributed by atoms with E-state index in [1.807, 2.05) is 0 Å². The molecule has 4 aliphatic rings. The number of aromatic hydroxyl groups is 3. The summed E-state index contributed by atoms with van der Waals surface area (Å²) in [6, 6.07) is 3.92. The zero-order chi connectivity index (χ0) is 57.7. The number of aliphatic hydroxyl groups is 2. The lowest BCUT2D eigenvalue weighted by molar-refractivity contribution is -0.160. The Bertz CT molecular complexity index is 3460. The third kappa shape index (κ3) is 10.7. The van der Waals surface area contributed by atoms with Gasteiger partial charge in [0.2, 0.25) is 0 Å². The first-order chi connectivity index (χ1) is 37.3. The van der Waals surface area contributed by atoms with E-state index in [1.165, 1.54) is 81.8 Å². The number of fused-ring (bicyclic) bond motifs is 15. The summed E-state index contributed by atoms with van der Waals surface area (Å²) in [6.45, 7) is 14.0. The van der Waals surface area contributed by atoms with Crippen LogP contribution in [0.25, 0.3) is 27.5 Å². The highest BCUT2D eigenvalue weighted by Gasteiger charge is 2.50. The number of rotatable bonds is 6. The predicted octanol–water partition coefficient (Wildman–Crippen LogP) is 7.34. The van der Waals surface area contributed by atoms with Gasteiger partial charge < -0.3 is 54.7 Å². The number of carbonyl (C=O) groups excluding carboxylic acids is 3. The molecule has 5 bridgehead atoms. The Kier molecular flexibility index (Phi) is 16.2. The summed E-state index contributed by atoms with van der Waals surface area (Å²) in [7, 11) is 1.40. The number of carbonyl (C=O) groups is 3. The number of phenols is 3. The van der Waals surface area contributed by atoms with E-state index in [0.717, 1.165) is 24.6 Å². The molecule has 0 unspecified atom stereocenters. The number of Topliss-reactive ketones (excluding diaryl/α,β-unsaturated/α-hetero) is 1. The van der Waals surface area contributed by atoms with Gasteiger partial charge in [-0.15, -0.1) is 0 Å². The number of nitrogens with one attached hydrogen (secondary N) is 1. The molecule has 9 rings (SSSR count). The second-order valence-corrected chi connectivity index (χ2v) is 20.6. The molecule has 79 heavy (non-hydrogen) atoms. The van der Waals surface area contributed by atoms with E-state index in [9.17, 15) is 49.1 Å². The number of nitrogens with zero attached hydrogens (tertiary/aromatic N) is 5. The predicted molar refractivity (Wildman–Crippen MR) is 287 cm³/mol. The van der Waals surface area contributed by atoms with Gasteiger partial charge in [-0.25, -0.2) is 18.2 Å². The molecule has 6 heterocycles. The van der Waals surface area contributed by atoms with Crippen molar-refractivity contribution in [3.63, 3.8) is 0 Å². The SMILES string of the molecule is CO[C@H]1/C=C/O[C@@]2(C)Oc3c(C)c(O)c4c(O)c(c(/C=N\N5CCN(c6nc7c(cc6F)c(=O)c(C)cn7-c6ccc(F)cc6F)CC5)c(O)c4c3C2=O)NC(=O)/C(C)=C\C=C\[C@H](C)[C@H](O)[C@@H](C)[C@@H](O)[C@@H](C)[C@H](OC(C)=O)[C@@H]1C. The topological polar surface area (TPSA) is 255 Å². The van der Waals surface area contributed by atoms with E-state index in [0.29, 0.717) is 6.07 Å². The number of hydrogen-bond acceptors (Lipinski definition) is 17. The van der Waals surface area contributed by atoms with Crippen molar-refractivity contribution in [3.8, 4) is 28.7 Å². The zero-order valence-electron chi connectivity index (χ0n) is 45.2. The Morgan fingerprint density at radius 1 is 0.899 bits per heavy atom. The molecular formula is C57H63F3N6O13. The van der Waals surface area contributed by atoms with Crippen molar-refractivity contribution >= 4 is 57.2 Å². The number of aromatic nitrogens is 2. The molecule has 1 fully saturated rings. The third-order valence-corrected chi connectivity index (χ3v) is 15.2. The molecule has 19 nitrogen and oxygen atoms in total. The minimum Gasteiger partial charge on any atom is -0.507 e. The summed E-state index contributed by atoms with van der Waals surface area (Å²) in [5, 5.41) is 67.3. The highest BCUT2D eigenvalue weighted by atomic mass is 19.1. The molecule has 1 saturated heterocycles. The van der Waals surface area contributed by atoms with Crippen molar-refractivity contribution in [2.75, 3.05) is 43.5 Å². The van der Waals surface area contributed by atoms with Crippen molar-refractivity contribution in [3.05, 3.63) is 117 Å². The molecule has 22 heteroatoms. The third-order valence-electron chi connectivity index (χ3n) is 15.2. The smallest absolute Gasteiger partial charge is 0.312 e. The van der Waals surface area contributed by atoms with Gasteiger partial charge in [0.05, 0.1) is 77.2 Å². The lowest BCUT2D eigenvalue weighted by Gasteiger charge is -2.38. The van der Waals surface area contributed by atoms with Gasteiger partial charge in [-0.3, -0.25) is 28.8 Å². The van der Waals surface area contributed by atoms with Gasteiger partial charge in [0.25, 0.3) is 11.7 Å². The Morgan fingerprint density at radius 3 is 2.25 bits per heavy atom. The van der Waals surface area contributed by atoms with Crippen molar-refractivity contribution in [1.29, 1.82) is 0 Å². The monoisotopic (exact) mass is 1100 g/mol. The maximum atomic E-state index is 16.0. The summed E-state index contributed by atoms with van der Waals surface area (Å²) in [4.78, 5) is 60.5. The molecular weight excluding hydrogens is 1030 g/mol. The summed E-state index contributed by atoms with van der Waals surface area (Å²) in [5.41, 5.74) is -1.54. The lowest BCUT2D eigenvalue weighted by Crippen LogP contribution is -2.46. The second-order valence-electron chi connectivity index (χ2n) is 20.6. The summed E-state index contributed by atoms with van der Waals surface area (Å²) < 4.78 is 70.0. The second kappa shape index (κ2) is 22.4. The van der Waals surface area contributed by atoms with E-state index in [2.05, 4.69) is 15.4 Å². The number of aliphatic hydroxyl groups excluding tert-OH is 2. The highest BCUT2D eigenvalue weighted by molar-refractivity contribution is 6.24. The van der Waals surface area contributed by atoms with Gasteiger partial charge in [0.1, 0.15) is 35.0 Å². The number of piperazine rings is 1. The maximum Gasteiger partial charge on any atom is 0.312 e. The van der Waals surface area contributed by atoms with E-state index in [-0.39, 0.29) is 87.7 Å². The fourth-order valence-electron chi connectivity index (χ4n) is 10.5. The molecule has 420 valence electrons. The molecule has 0 radical (unpaired) electrons. The number of pyridine rings is 2. The fourth-order valence-corrected chi connectivity index (χ4v) is 10.5. The molecule has 2 aromatic heterocycles. The molecule has 5 aromatic rings. The average Bonchev–Trinajstić information content (AvgIpc) is 3.69. The van der Waals surface area contributed by atoms with E-state index < -0.39 is 123 Å². The van der Waals surface area contributed by atoms with E-state index in [4.69, 9.17) is 18.9 Å². The largest absolute Gasteiger partial charge is 0.507 e. The number of halogens is 3. The number of methoxy groups -OCH3 is 1. The van der Waals surface area contributed by atoms with E-state index >= 15 is 8.78 Å². The Labute approximate surface area is 452 Å². The maximum absolute atomic E-state index is 16.0. The van der Waals surface area contributed by atoms with Gasteiger partial charge in [0, 0.05) is 92.1 Å². The van der Waals surface area contributed by atoms with Crippen LogP contribution in [0.15, 0.2) is 76.5 Å². The summed E-state index contributed by atoms with van der Waals surface area (Å²) >= 11 is 0. The number of aryl methyl sites for hydroxylation is 1. The normalized spacial score (nSPS) is 26.7. The van der Waals surface area contributed by atoms with Crippen LogP contribution in [-0.4, -0.2) is 127 Å². The Hall–Kier alpha value is -7.95. The van der Waals surface area contributed by atoms with Gasteiger partial charge >= 0.3 is 11.8 Å². The van der Waals surface area contributed by atoms with Crippen LogP contribution in [-0.2, 0) is 23.8 Å². The number of esters is 1. The first-order valence-corrected chi connectivity index (χ1v) is 25.6. The number of ketones is 1. The number of phenolic OH excluding ortho intramolecular Hbond substituents is 3. The van der Waals surface area contributed by atoms with Crippen LogP contribution in [0.5, 0.6) is 23.0 Å². The zero-order valence-corrected chi connectivity index (χ0v) is 45.2. The quantitative estimate of drug-likeness (QED) is 0.0421.